The second kappa shape index (κ2) is 6.83. The van der Waals surface area contributed by atoms with E-state index in [1.54, 1.807) is 0 Å². The smallest absolute Gasteiger partial charge is 0.252 e. The molecular weight excluding hydrogens is 258 g/mol. The normalized spacial score (nSPS) is 10.8. The maximum atomic E-state index is 11.9. The zero-order valence-corrected chi connectivity index (χ0v) is 11.0. The van der Waals surface area contributed by atoms with Gasteiger partial charge in [-0.25, -0.2) is 0 Å². The van der Waals surface area contributed by atoms with Crippen LogP contribution in [0, 0.1) is 0 Å². The number of para-hydroxylation sites is 1. The molecule has 0 radical (unpaired) electrons. The fourth-order valence-electron chi connectivity index (χ4n) is 1.86. The van der Waals surface area contributed by atoms with Crippen LogP contribution < -0.4 is 16.6 Å². The van der Waals surface area contributed by atoms with Crippen molar-refractivity contribution in [1.29, 1.82) is 0 Å². The van der Waals surface area contributed by atoms with Gasteiger partial charge in [0.2, 0.25) is 5.91 Å². The lowest BCUT2D eigenvalue weighted by Crippen LogP contribution is -2.26. The zero-order valence-electron chi connectivity index (χ0n) is 11.0. The summed E-state index contributed by atoms with van der Waals surface area (Å²) in [6.07, 6.45) is 0. The maximum absolute atomic E-state index is 11.9. The molecule has 0 aliphatic carbocycles. The number of benzene rings is 1. The fraction of sp³-hybridized carbons (Fsp3) is 0.286. The van der Waals surface area contributed by atoms with Gasteiger partial charge in [-0.3, -0.25) is 9.59 Å². The number of fused-ring (bicyclic) bond motifs is 1. The number of rotatable bonds is 7. The average Bonchev–Trinajstić information content (AvgIpc) is 2.42. The molecule has 0 fully saturated rings. The molecule has 0 aliphatic rings. The molecule has 0 saturated carbocycles. The summed E-state index contributed by atoms with van der Waals surface area (Å²) in [6, 6.07) is 9.49. The predicted octanol–water partition coefficient (Wildman–Crippen LogP) is 0.120. The minimum Gasteiger partial charge on any atom is -0.370 e. The highest BCUT2D eigenvalue weighted by Crippen LogP contribution is 2.09. The van der Waals surface area contributed by atoms with Crippen molar-refractivity contribution in [1.82, 2.24) is 10.3 Å². The number of primary amides is 1. The second-order valence-corrected chi connectivity index (χ2v) is 4.41. The first-order valence-electron chi connectivity index (χ1n) is 6.34. The molecule has 4 N–H and O–H groups in total. The van der Waals surface area contributed by atoms with Gasteiger partial charge in [-0.2, -0.15) is 0 Å². The molecule has 0 spiro atoms. The number of hydrogen-bond acceptors (Lipinski definition) is 4. The third-order valence-corrected chi connectivity index (χ3v) is 2.81. The van der Waals surface area contributed by atoms with E-state index in [4.69, 9.17) is 10.5 Å². The summed E-state index contributed by atoms with van der Waals surface area (Å²) in [5.74, 6) is -0.490. The summed E-state index contributed by atoms with van der Waals surface area (Å²) >= 11 is 0. The number of carbonyl (C=O) groups excluding carboxylic acids is 1. The molecule has 1 heterocycles. The molecule has 6 nitrogen and oxygen atoms in total. The van der Waals surface area contributed by atoms with Crippen LogP contribution in [-0.2, 0) is 16.1 Å². The van der Waals surface area contributed by atoms with Crippen LogP contribution in [0.15, 0.2) is 35.1 Å². The van der Waals surface area contributed by atoms with Gasteiger partial charge in [-0.1, -0.05) is 18.2 Å². The Labute approximate surface area is 115 Å². The van der Waals surface area contributed by atoms with Crippen molar-refractivity contribution >= 4 is 16.8 Å². The first-order chi connectivity index (χ1) is 9.66. The Morgan fingerprint density at radius 3 is 2.95 bits per heavy atom. The van der Waals surface area contributed by atoms with Gasteiger partial charge < -0.3 is 20.8 Å². The Hall–Kier alpha value is -2.18. The molecule has 6 heteroatoms. The molecule has 0 unspecified atom stereocenters. The number of pyridine rings is 1. The topological polar surface area (TPSA) is 97.2 Å². The van der Waals surface area contributed by atoms with Gasteiger partial charge in [0.05, 0.1) is 6.61 Å². The first-order valence-corrected chi connectivity index (χ1v) is 6.34. The van der Waals surface area contributed by atoms with Gasteiger partial charge in [-0.15, -0.1) is 0 Å². The number of amides is 1. The van der Waals surface area contributed by atoms with Crippen LogP contribution in [0.5, 0.6) is 0 Å². The highest BCUT2D eigenvalue weighted by molar-refractivity contribution is 5.78. The Morgan fingerprint density at radius 2 is 2.15 bits per heavy atom. The molecule has 0 saturated heterocycles. The average molecular weight is 275 g/mol. The van der Waals surface area contributed by atoms with E-state index in [2.05, 4.69) is 10.3 Å². The third-order valence-electron chi connectivity index (χ3n) is 2.81. The van der Waals surface area contributed by atoms with E-state index in [0.29, 0.717) is 25.3 Å². The zero-order chi connectivity index (χ0) is 14.4. The molecule has 1 amide bonds. The number of carbonyl (C=O) groups is 1. The van der Waals surface area contributed by atoms with Crippen molar-refractivity contribution in [3.8, 4) is 0 Å². The van der Waals surface area contributed by atoms with Gasteiger partial charge >= 0.3 is 0 Å². The number of hydrogen-bond donors (Lipinski definition) is 3. The standard InChI is InChI=1S/C14H17N3O3/c15-13(18)9-20-6-5-16-8-11-7-10-3-1-2-4-12(10)17-14(11)19/h1-4,7,16H,5-6,8-9H2,(H2,15,18)(H,17,19). The van der Waals surface area contributed by atoms with Crippen LogP contribution in [0.25, 0.3) is 10.9 Å². The van der Waals surface area contributed by atoms with Gasteiger partial charge in [0.25, 0.3) is 5.56 Å². The number of H-pyrrole nitrogens is 1. The Balaban J connectivity index is 1.88. The summed E-state index contributed by atoms with van der Waals surface area (Å²) in [6.45, 7) is 1.27. The Kier molecular flexibility index (Phi) is 4.86. The molecule has 2 aromatic rings. The van der Waals surface area contributed by atoms with Crippen molar-refractivity contribution in [2.24, 2.45) is 5.73 Å². The summed E-state index contributed by atoms with van der Waals surface area (Å²) in [4.78, 5) is 25.1. The summed E-state index contributed by atoms with van der Waals surface area (Å²) < 4.78 is 5.01. The molecule has 2 rings (SSSR count). The fourth-order valence-corrected chi connectivity index (χ4v) is 1.86. The summed E-state index contributed by atoms with van der Waals surface area (Å²) in [5, 5.41) is 4.08. The molecule has 106 valence electrons. The van der Waals surface area contributed by atoms with E-state index in [-0.39, 0.29) is 12.2 Å². The van der Waals surface area contributed by atoms with E-state index in [1.165, 1.54) is 0 Å². The lowest BCUT2D eigenvalue weighted by atomic mass is 10.1. The van der Waals surface area contributed by atoms with Crippen molar-refractivity contribution in [2.75, 3.05) is 19.8 Å². The van der Waals surface area contributed by atoms with Gasteiger partial charge in [0.1, 0.15) is 6.61 Å². The van der Waals surface area contributed by atoms with Crippen LogP contribution in [0.3, 0.4) is 0 Å². The van der Waals surface area contributed by atoms with Crippen LogP contribution in [-0.4, -0.2) is 30.6 Å². The number of ether oxygens (including phenoxy) is 1. The highest BCUT2D eigenvalue weighted by Gasteiger charge is 2.02. The first kappa shape index (κ1) is 14.2. The van der Waals surface area contributed by atoms with Gasteiger partial charge in [-0.05, 0) is 17.5 Å². The van der Waals surface area contributed by atoms with Crippen molar-refractivity contribution in [3.05, 3.63) is 46.2 Å². The predicted molar refractivity (Wildman–Crippen MR) is 76.3 cm³/mol. The van der Waals surface area contributed by atoms with Crippen LogP contribution in [0.4, 0.5) is 0 Å². The number of nitrogens with two attached hydrogens (primary N) is 1. The molecule has 1 aromatic carbocycles. The van der Waals surface area contributed by atoms with E-state index in [9.17, 15) is 9.59 Å². The number of aromatic amines is 1. The van der Waals surface area contributed by atoms with Crippen LogP contribution >= 0.6 is 0 Å². The minimum atomic E-state index is -0.490. The molecule has 0 atom stereocenters. The third kappa shape index (κ3) is 3.91. The van der Waals surface area contributed by atoms with Crippen molar-refractivity contribution in [3.63, 3.8) is 0 Å². The number of aromatic nitrogens is 1. The maximum Gasteiger partial charge on any atom is 0.252 e. The van der Waals surface area contributed by atoms with E-state index < -0.39 is 5.91 Å². The van der Waals surface area contributed by atoms with Crippen LogP contribution in [0.2, 0.25) is 0 Å². The van der Waals surface area contributed by atoms with Crippen molar-refractivity contribution < 1.29 is 9.53 Å². The highest BCUT2D eigenvalue weighted by atomic mass is 16.5. The molecule has 20 heavy (non-hydrogen) atoms. The van der Waals surface area contributed by atoms with Crippen molar-refractivity contribution in [2.45, 2.75) is 6.54 Å². The Morgan fingerprint density at radius 1 is 1.35 bits per heavy atom. The SMILES string of the molecule is NC(=O)COCCNCc1cc2ccccc2[nH]c1=O. The second-order valence-electron chi connectivity index (χ2n) is 4.41. The minimum absolute atomic E-state index is 0.0851. The van der Waals surface area contributed by atoms with Gasteiger partial charge in [0.15, 0.2) is 0 Å². The van der Waals surface area contributed by atoms with E-state index in [1.807, 2.05) is 30.3 Å². The Bertz CT molecular complexity index is 651. The molecular formula is C14H17N3O3. The number of nitrogens with one attached hydrogen (secondary N) is 2. The summed E-state index contributed by atoms with van der Waals surface area (Å²) in [5.41, 5.74) is 6.33. The largest absolute Gasteiger partial charge is 0.370 e. The van der Waals surface area contributed by atoms with E-state index in [0.717, 1.165) is 10.9 Å². The lowest BCUT2D eigenvalue weighted by molar-refractivity contribution is -0.122. The quantitative estimate of drug-likeness (QED) is 0.625. The monoisotopic (exact) mass is 275 g/mol. The van der Waals surface area contributed by atoms with E-state index >= 15 is 0 Å². The molecule has 0 bridgehead atoms. The van der Waals surface area contributed by atoms with Crippen LogP contribution in [0.1, 0.15) is 5.56 Å². The molecule has 0 aliphatic heterocycles. The lowest BCUT2D eigenvalue weighted by Gasteiger charge is -2.06. The van der Waals surface area contributed by atoms with Gasteiger partial charge in [0, 0.05) is 24.2 Å². The molecule has 1 aromatic heterocycles. The summed E-state index contributed by atoms with van der Waals surface area (Å²) in [7, 11) is 0.